The Morgan fingerprint density at radius 1 is 0.825 bits per heavy atom. The highest BCUT2D eigenvalue weighted by Crippen LogP contribution is 2.16. The minimum Gasteiger partial charge on any atom is -0.478 e. The lowest BCUT2D eigenvalue weighted by molar-refractivity contribution is 0.0649. The largest absolute Gasteiger partial charge is 0.478 e. The third-order valence-electron chi connectivity index (χ3n) is 4.75. The molecule has 0 aliphatic heterocycles. The molecular weight excluding hydrogens is 518 g/mol. The number of aryl methyl sites for hydroxylation is 1. The number of carboxylic acids is 3. The second-order valence-electron chi connectivity index (χ2n) is 7.42. The van der Waals surface area contributed by atoms with Gasteiger partial charge in [-0.1, -0.05) is 30.3 Å². The second-order valence-corrected chi connectivity index (χ2v) is 7.42. The molecule has 3 aromatic heterocycles. The van der Waals surface area contributed by atoms with Gasteiger partial charge in [0.05, 0.1) is 41.8 Å². The molecule has 0 saturated carbocycles. The SMILES string of the molecule is N#CCCn1ccnc1-c1ccccc1.O=C(O)c1ccc(C(=O)O)c(C(=O)O)c1.c1c[nH]cn1.c1c[nH]cn1. The Hall–Kier alpha value is -6.03. The van der Waals surface area contributed by atoms with E-state index in [2.05, 4.69) is 31.0 Å². The number of rotatable bonds is 6. The fraction of sp³-hybridized carbons (Fsp3) is 0.0741. The summed E-state index contributed by atoms with van der Waals surface area (Å²) in [6.07, 6.45) is 14.3. The van der Waals surface area contributed by atoms with Crippen LogP contribution in [0.25, 0.3) is 11.4 Å². The van der Waals surface area contributed by atoms with Gasteiger partial charge in [-0.05, 0) is 18.2 Å². The molecule has 0 radical (unpaired) electrons. The molecule has 0 unspecified atom stereocenters. The van der Waals surface area contributed by atoms with Crippen LogP contribution in [0.1, 0.15) is 37.5 Å². The molecule has 2 aromatic carbocycles. The molecule has 0 bridgehead atoms. The zero-order valence-corrected chi connectivity index (χ0v) is 21.0. The number of H-pyrrole nitrogens is 2. The molecule has 0 aliphatic rings. The van der Waals surface area contributed by atoms with Gasteiger partial charge in [-0.2, -0.15) is 5.26 Å². The van der Waals surface area contributed by atoms with Crippen LogP contribution in [0.2, 0.25) is 0 Å². The summed E-state index contributed by atoms with van der Waals surface area (Å²) >= 11 is 0. The molecule has 0 saturated heterocycles. The number of nitrogens with one attached hydrogen (secondary N) is 2. The molecule has 40 heavy (non-hydrogen) atoms. The lowest BCUT2D eigenvalue weighted by Gasteiger charge is -2.04. The van der Waals surface area contributed by atoms with Crippen LogP contribution in [0.5, 0.6) is 0 Å². The molecule has 3 heterocycles. The lowest BCUT2D eigenvalue weighted by Crippen LogP contribution is -2.10. The third kappa shape index (κ3) is 10.1. The number of carboxylic acid groups (broad SMARTS) is 3. The Labute approximate surface area is 228 Å². The first-order valence-electron chi connectivity index (χ1n) is 11.5. The van der Waals surface area contributed by atoms with Crippen LogP contribution in [0.4, 0.5) is 0 Å². The molecule has 13 heteroatoms. The van der Waals surface area contributed by atoms with E-state index in [9.17, 15) is 14.4 Å². The van der Waals surface area contributed by atoms with Gasteiger partial charge in [-0.15, -0.1) is 0 Å². The minimum atomic E-state index is -1.48. The molecule has 5 N–H and O–H groups in total. The highest BCUT2D eigenvalue weighted by atomic mass is 16.4. The van der Waals surface area contributed by atoms with E-state index in [0.29, 0.717) is 13.0 Å². The standard InChI is InChI=1S/C12H11N3.C9H6O6.2C3H4N2/c13-7-4-9-15-10-8-14-12(15)11-5-2-1-3-6-11;10-7(11)4-1-2-5(8(12)13)6(3-4)9(14)15;2*1-2-5-3-4-1/h1-3,5-6,8,10H,4,9H2;1-3H,(H,10,11)(H,12,13)(H,14,15);2*1-3H,(H,4,5). The number of carbonyl (C=O) groups is 3. The van der Waals surface area contributed by atoms with Gasteiger partial charge in [-0.3, -0.25) is 0 Å². The van der Waals surface area contributed by atoms with Crippen molar-refractivity contribution in [3.05, 3.63) is 115 Å². The summed E-state index contributed by atoms with van der Waals surface area (Å²) in [7, 11) is 0. The smallest absolute Gasteiger partial charge is 0.336 e. The maximum absolute atomic E-state index is 10.6. The van der Waals surface area contributed by atoms with Crippen LogP contribution in [-0.2, 0) is 6.54 Å². The number of hydrogen-bond donors (Lipinski definition) is 5. The van der Waals surface area contributed by atoms with Crippen LogP contribution in [0.15, 0.2) is 98.4 Å². The first kappa shape index (κ1) is 30.2. The van der Waals surface area contributed by atoms with Crippen molar-refractivity contribution < 1.29 is 29.7 Å². The van der Waals surface area contributed by atoms with Gasteiger partial charge >= 0.3 is 17.9 Å². The molecule has 204 valence electrons. The van der Waals surface area contributed by atoms with Crippen LogP contribution in [-0.4, -0.2) is 62.7 Å². The van der Waals surface area contributed by atoms with E-state index in [1.165, 1.54) is 0 Å². The number of aromatic amines is 2. The molecule has 0 atom stereocenters. The molecule has 0 spiro atoms. The number of nitrogens with zero attached hydrogens (tertiary/aromatic N) is 5. The molecular formula is C27H25N7O6. The number of aromatic nitrogens is 6. The van der Waals surface area contributed by atoms with Crippen molar-refractivity contribution in [1.29, 1.82) is 5.26 Å². The van der Waals surface area contributed by atoms with Gasteiger partial charge in [0.15, 0.2) is 0 Å². The average molecular weight is 544 g/mol. The normalized spacial score (nSPS) is 9.28. The van der Waals surface area contributed by atoms with Gasteiger partial charge in [0.1, 0.15) is 5.82 Å². The van der Waals surface area contributed by atoms with Crippen molar-refractivity contribution in [3.63, 3.8) is 0 Å². The van der Waals surface area contributed by atoms with E-state index in [1.54, 1.807) is 43.6 Å². The van der Waals surface area contributed by atoms with Crippen molar-refractivity contribution in [2.45, 2.75) is 13.0 Å². The van der Waals surface area contributed by atoms with Gasteiger partial charge in [0.25, 0.3) is 0 Å². The van der Waals surface area contributed by atoms with Crippen molar-refractivity contribution in [3.8, 4) is 17.5 Å². The van der Waals surface area contributed by atoms with E-state index >= 15 is 0 Å². The van der Waals surface area contributed by atoms with Gasteiger partial charge in [-0.25, -0.2) is 29.3 Å². The monoisotopic (exact) mass is 543 g/mol. The number of imidazole rings is 3. The van der Waals surface area contributed by atoms with Crippen LogP contribution in [0, 0.1) is 11.3 Å². The Morgan fingerprint density at radius 2 is 1.45 bits per heavy atom. The molecule has 0 aliphatic carbocycles. The molecule has 0 fully saturated rings. The summed E-state index contributed by atoms with van der Waals surface area (Å²) in [5.41, 5.74) is -0.160. The number of benzene rings is 2. The zero-order valence-electron chi connectivity index (χ0n) is 21.0. The topological polar surface area (TPSA) is 211 Å². The van der Waals surface area contributed by atoms with Crippen LogP contribution in [0.3, 0.4) is 0 Å². The Kier molecular flexibility index (Phi) is 12.6. The number of aromatic carboxylic acids is 3. The lowest BCUT2D eigenvalue weighted by atomic mass is 10.0. The highest BCUT2D eigenvalue weighted by Gasteiger charge is 2.18. The molecule has 5 aromatic rings. The number of hydrogen-bond acceptors (Lipinski definition) is 7. The van der Waals surface area contributed by atoms with E-state index in [4.69, 9.17) is 20.6 Å². The number of nitriles is 1. The molecule has 13 nitrogen and oxygen atoms in total. The summed E-state index contributed by atoms with van der Waals surface area (Å²) in [5, 5.41) is 34.4. The summed E-state index contributed by atoms with van der Waals surface area (Å²) in [5.74, 6) is -3.28. The fourth-order valence-corrected chi connectivity index (χ4v) is 2.98. The zero-order chi connectivity index (χ0) is 29.2. The first-order valence-corrected chi connectivity index (χ1v) is 11.5. The quantitative estimate of drug-likeness (QED) is 0.207. The third-order valence-corrected chi connectivity index (χ3v) is 4.75. The Bertz CT molecular complexity index is 1430. The van der Waals surface area contributed by atoms with Gasteiger partial charge < -0.3 is 29.9 Å². The summed E-state index contributed by atoms with van der Waals surface area (Å²) in [6.45, 7) is 0.695. The van der Waals surface area contributed by atoms with Gasteiger partial charge in [0, 0.05) is 49.3 Å². The Morgan fingerprint density at radius 3 is 1.90 bits per heavy atom. The van der Waals surface area contributed by atoms with Crippen molar-refractivity contribution in [1.82, 2.24) is 29.5 Å². The maximum atomic E-state index is 10.6. The minimum absolute atomic E-state index is 0.266. The van der Waals surface area contributed by atoms with Crippen molar-refractivity contribution >= 4 is 17.9 Å². The molecule has 5 rings (SSSR count). The van der Waals surface area contributed by atoms with E-state index < -0.39 is 29.0 Å². The average Bonchev–Trinajstić information content (AvgIpc) is 3.78. The van der Waals surface area contributed by atoms with Crippen molar-refractivity contribution in [2.75, 3.05) is 0 Å². The maximum Gasteiger partial charge on any atom is 0.336 e. The van der Waals surface area contributed by atoms with E-state index in [0.717, 1.165) is 29.6 Å². The summed E-state index contributed by atoms with van der Waals surface area (Å²) in [6, 6.07) is 14.9. The van der Waals surface area contributed by atoms with Crippen LogP contribution < -0.4 is 0 Å². The van der Waals surface area contributed by atoms with E-state index in [-0.39, 0.29) is 5.56 Å². The molecule has 0 amide bonds. The predicted octanol–water partition coefficient (Wildman–Crippen LogP) is 4.06. The summed E-state index contributed by atoms with van der Waals surface area (Å²) in [4.78, 5) is 48.9. The highest BCUT2D eigenvalue weighted by molar-refractivity contribution is 6.03. The Balaban J connectivity index is 0.000000209. The first-order chi connectivity index (χ1) is 19.3. The predicted molar refractivity (Wildman–Crippen MR) is 142 cm³/mol. The summed E-state index contributed by atoms with van der Waals surface area (Å²) < 4.78 is 2.00. The van der Waals surface area contributed by atoms with E-state index in [1.807, 2.05) is 41.1 Å². The van der Waals surface area contributed by atoms with Crippen LogP contribution >= 0.6 is 0 Å². The van der Waals surface area contributed by atoms with Gasteiger partial charge in [0.2, 0.25) is 0 Å². The van der Waals surface area contributed by atoms with Crippen molar-refractivity contribution in [2.24, 2.45) is 0 Å². The fourth-order valence-electron chi connectivity index (χ4n) is 2.98. The second kappa shape index (κ2) is 16.7.